The molecule has 1 saturated carbocycles. The fourth-order valence-corrected chi connectivity index (χ4v) is 8.14. The summed E-state index contributed by atoms with van der Waals surface area (Å²) in [7, 11) is 0. The van der Waals surface area contributed by atoms with Gasteiger partial charge in [-0.2, -0.15) is 0 Å². The number of nitrogens with zero attached hydrogens (tertiary/aromatic N) is 2. The molecule has 4 nitrogen and oxygen atoms in total. The van der Waals surface area contributed by atoms with Gasteiger partial charge in [0.1, 0.15) is 11.5 Å². The van der Waals surface area contributed by atoms with E-state index in [0.717, 1.165) is 47.9 Å². The monoisotopic (exact) mass is 1050 g/mol. The quantitative estimate of drug-likeness (QED) is 0.0888. The Hall–Kier alpha value is 0.300. The predicted octanol–water partition coefficient (Wildman–Crippen LogP) is 11.6. The Morgan fingerprint density at radius 2 is 0.977 bits per heavy atom. The molecular weight excluding hydrogens is 1000 g/mol. The fraction of sp³-hybridized carbons (Fsp3) is 0.611. The maximum atomic E-state index is 11.0. The molecule has 0 radical (unpaired) electrons. The van der Waals surface area contributed by atoms with Crippen LogP contribution < -0.4 is 0 Å². The van der Waals surface area contributed by atoms with Crippen LogP contribution in [0.2, 0.25) is 0 Å². The number of aromatic hydroxyl groups is 2. The molecule has 0 unspecified atom stereocenters. The molecule has 3 rings (SSSR count). The summed E-state index contributed by atoms with van der Waals surface area (Å²) in [6.07, 6.45) is 17.7. The van der Waals surface area contributed by atoms with Crippen LogP contribution in [-0.2, 0) is 0 Å². The van der Waals surface area contributed by atoms with E-state index in [2.05, 4.69) is 115 Å². The van der Waals surface area contributed by atoms with Gasteiger partial charge in [-0.05, 0) is 142 Å². The van der Waals surface area contributed by atoms with E-state index in [9.17, 15) is 10.2 Å². The van der Waals surface area contributed by atoms with Crippen molar-refractivity contribution in [2.75, 3.05) is 17.7 Å². The highest BCUT2D eigenvalue weighted by molar-refractivity contribution is 14.1. The zero-order valence-corrected chi connectivity index (χ0v) is 35.0. The van der Waals surface area contributed by atoms with E-state index in [0.29, 0.717) is 23.3 Å². The summed E-state index contributed by atoms with van der Waals surface area (Å²) in [5.74, 6) is 1.72. The van der Waals surface area contributed by atoms with Crippen molar-refractivity contribution < 1.29 is 10.2 Å². The molecule has 2 atom stereocenters. The minimum atomic E-state index is 0.0729. The van der Waals surface area contributed by atoms with Crippen molar-refractivity contribution in [1.29, 1.82) is 0 Å². The molecule has 2 aromatic carbocycles. The first-order valence-corrected chi connectivity index (χ1v) is 22.4. The summed E-state index contributed by atoms with van der Waals surface area (Å²) >= 11 is 9.90. The Kier molecular flexibility index (Phi) is 18.8. The molecule has 2 aromatic rings. The highest BCUT2D eigenvalue weighted by atomic mass is 127. The molecule has 1 aliphatic carbocycles. The zero-order valence-electron chi connectivity index (χ0n) is 26.4. The van der Waals surface area contributed by atoms with E-state index in [4.69, 9.17) is 9.98 Å². The van der Waals surface area contributed by atoms with Gasteiger partial charge in [-0.15, -0.1) is 0 Å². The minimum absolute atomic E-state index is 0.0729. The van der Waals surface area contributed by atoms with Gasteiger partial charge in [-0.25, -0.2) is 0 Å². The molecule has 0 spiro atoms. The summed E-state index contributed by atoms with van der Waals surface area (Å²) in [5, 5.41) is 22.0. The second-order valence-electron chi connectivity index (χ2n) is 12.2. The van der Waals surface area contributed by atoms with Crippen molar-refractivity contribution in [2.24, 2.45) is 9.98 Å². The van der Waals surface area contributed by atoms with E-state index in [1.807, 2.05) is 26.3 Å². The van der Waals surface area contributed by atoms with Crippen LogP contribution in [0.4, 0.5) is 0 Å². The average Bonchev–Trinajstić information content (AvgIpc) is 3.03. The number of hydrogen-bond donors (Lipinski definition) is 2. The van der Waals surface area contributed by atoms with Crippen LogP contribution in [0.3, 0.4) is 0 Å². The first kappa shape index (κ1) is 38.7. The molecular formula is C36H50I4N2O2. The first-order valence-electron chi connectivity index (χ1n) is 16.3. The summed E-state index contributed by atoms with van der Waals surface area (Å²) in [5.41, 5.74) is 6.17. The third-order valence-electron chi connectivity index (χ3n) is 8.90. The molecule has 44 heavy (non-hydrogen) atoms. The third-order valence-corrected chi connectivity index (χ3v) is 11.9. The smallest absolute Gasteiger partial charge is 0.127 e. The van der Waals surface area contributed by atoms with Crippen molar-refractivity contribution in [3.05, 3.63) is 57.6 Å². The van der Waals surface area contributed by atoms with Crippen LogP contribution in [0.15, 0.2) is 34.3 Å². The van der Waals surface area contributed by atoms with E-state index < -0.39 is 0 Å². The second-order valence-corrected chi connectivity index (χ2v) is 16.6. The van der Waals surface area contributed by atoms with Gasteiger partial charge >= 0.3 is 0 Å². The molecule has 1 aliphatic rings. The Labute approximate surface area is 321 Å². The topological polar surface area (TPSA) is 65.2 Å². The number of hydrogen-bond acceptors (Lipinski definition) is 4. The lowest BCUT2D eigenvalue weighted by Crippen LogP contribution is -2.27. The fourth-order valence-electron chi connectivity index (χ4n) is 6.38. The molecule has 2 N–H and O–H groups in total. The Balaban J connectivity index is 1.85. The molecule has 0 saturated heterocycles. The summed E-state index contributed by atoms with van der Waals surface area (Å²) < 4.78 is 4.69. The molecule has 0 aromatic heterocycles. The van der Waals surface area contributed by atoms with Crippen molar-refractivity contribution in [3.63, 3.8) is 0 Å². The van der Waals surface area contributed by atoms with Gasteiger partial charge in [-0.3, -0.25) is 9.98 Å². The first-order chi connectivity index (χ1) is 21.3. The van der Waals surface area contributed by atoms with Gasteiger partial charge in [0, 0.05) is 23.6 Å². The number of alkyl halides is 4. The van der Waals surface area contributed by atoms with E-state index >= 15 is 0 Å². The number of halogens is 4. The Morgan fingerprint density at radius 1 is 0.636 bits per heavy atom. The molecule has 1 fully saturated rings. The normalized spacial score (nSPS) is 17.5. The SMILES string of the molecule is Cc1cc(C(CCCI)CCCI)cc(C=N[C@H]2CCCC[C@@H]2N=Cc2cc(C(CCCI)CCCI)cc(C)c2O)c1O. The van der Waals surface area contributed by atoms with Crippen LogP contribution in [0.1, 0.15) is 122 Å². The number of rotatable bonds is 18. The Bertz CT molecular complexity index is 1110. The van der Waals surface area contributed by atoms with Crippen LogP contribution in [0, 0.1) is 13.8 Å². The average molecular weight is 1050 g/mol. The molecule has 8 heteroatoms. The van der Waals surface area contributed by atoms with Crippen LogP contribution in [-0.4, -0.2) is 52.4 Å². The van der Waals surface area contributed by atoms with Gasteiger partial charge in [-0.1, -0.05) is 115 Å². The van der Waals surface area contributed by atoms with Gasteiger partial charge in [0.05, 0.1) is 12.1 Å². The largest absolute Gasteiger partial charge is 0.507 e. The van der Waals surface area contributed by atoms with Crippen LogP contribution >= 0.6 is 90.4 Å². The summed E-state index contributed by atoms with van der Waals surface area (Å²) in [4.78, 5) is 10.1. The second kappa shape index (κ2) is 21.3. The molecule has 0 aliphatic heterocycles. The maximum Gasteiger partial charge on any atom is 0.127 e. The number of phenols is 2. The molecule has 0 heterocycles. The number of aliphatic imine (C=N–C) groups is 2. The zero-order chi connectivity index (χ0) is 31.9. The van der Waals surface area contributed by atoms with Gasteiger partial charge in [0.25, 0.3) is 0 Å². The molecule has 0 bridgehead atoms. The van der Waals surface area contributed by atoms with E-state index in [1.165, 1.54) is 80.2 Å². The van der Waals surface area contributed by atoms with E-state index in [-0.39, 0.29) is 12.1 Å². The van der Waals surface area contributed by atoms with Crippen molar-refractivity contribution in [1.82, 2.24) is 0 Å². The van der Waals surface area contributed by atoms with Gasteiger partial charge < -0.3 is 10.2 Å². The highest BCUT2D eigenvalue weighted by Crippen LogP contribution is 2.34. The summed E-state index contributed by atoms with van der Waals surface area (Å²) in [6.45, 7) is 4.02. The maximum absolute atomic E-state index is 11.0. The van der Waals surface area contributed by atoms with Gasteiger partial charge in [0.15, 0.2) is 0 Å². The lowest BCUT2D eigenvalue weighted by Gasteiger charge is -2.26. The Morgan fingerprint density at radius 3 is 1.30 bits per heavy atom. The van der Waals surface area contributed by atoms with Crippen molar-refractivity contribution >= 4 is 103 Å². The minimum Gasteiger partial charge on any atom is -0.507 e. The molecule has 0 amide bonds. The third kappa shape index (κ3) is 12.1. The lowest BCUT2D eigenvalue weighted by molar-refractivity contribution is 0.390. The highest BCUT2D eigenvalue weighted by Gasteiger charge is 2.24. The van der Waals surface area contributed by atoms with Gasteiger partial charge in [0.2, 0.25) is 0 Å². The number of aryl methyl sites for hydroxylation is 2. The van der Waals surface area contributed by atoms with Crippen molar-refractivity contribution in [3.8, 4) is 11.5 Å². The lowest BCUT2D eigenvalue weighted by atomic mass is 9.88. The standard InChI is InChI=1S/C36H50I4N2O2/c1-25-19-29(27(9-5-15-37)10-6-16-38)21-31(35(25)43)23-41-33-13-3-4-14-34(33)42-24-32-22-30(20-26(2)36(32)44)28(11-7-17-39)12-8-18-40/h19-24,27-28,33-34,43-44H,3-18H2,1-2H3/t33-,34-/m0/s1. The number of phenolic OH excluding ortho intramolecular Hbond substituents is 2. The number of benzene rings is 2. The summed E-state index contributed by atoms with van der Waals surface area (Å²) in [6, 6.07) is 8.87. The predicted molar refractivity (Wildman–Crippen MR) is 225 cm³/mol. The van der Waals surface area contributed by atoms with Crippen LogP contribution in [0.25, 0.3) is 0 Å². The van der Waals surface area contributed by atoms with Crippen molar-refractivity contribution in [2.45, 2.75) is 115 Å². The molecule has 244 valence electrons. The van der Waals surface area contributed by atoms with E-state index in [1.54, 1.807) is 0 Å². The van der Waals surface area contributed by atoms with Crippen LogP contribution in [0.5, 0.6) is 11.5 Å².